The Morgan fingerprint density at radius 3 is 2.32 bits per heavy atom. The van der Waals surface area contributed by atoms with E-state index in [9.17, 15) is 19.2 Å². The maximum Gasteiger partial charge on any atom is 0.332 e. The van der Waals surface area contributed by atoms with Crippen molar-refractivity contribution in [3.8, 4) is 11.5 Å². The summed E-state index contributed by atoms with van der Waals surface area (Å²) in [5, 5.41) is 0. The number of benzene rings is 1. The summed E-state index contributed by atoms with van der Waals surface area (Å²) in [5.41, 5.74) is 0.108. The van der Waals surface area contributed by atoms with Crippen LogP contribution >= 0.6 is 0 Å². The van der Waals surface area contributed by atoms with Crippen molar-refractivity contribution in [3.05, 3.63) is 58.0 Å². The third kappa shape index (κ3) is 4.09. The Morgan fingerprint density at radius 1 is 0.919 bits per heavy atom. The van der Waals surface area contributed by atoms with Crippen molar-refractivity contribution in [2.45, 2.75) is 25.3 Å². The second-order valence-electron chi connectivity index (χ2n) is 10.3. The number of ether oxygens (including phenoxy) is 2. The summed E-state index contributed by atoms with van der Waals surface area (Å²) in [5.74, 6) is 0.396. The third-order valence-corrected chi connectivity index (χ3v) is 8.03. The van der Waals surface area contributed by atoms with Gasteiger partial charge in [0.25, 0.3) is 5.56 Å². The summed E-state index contributed by atoms with van der Waals surface area (Å²) < 4.78 is 12.8. The molecule has 0 radical (unpaired) electrons. The van der Waals surface area contributed by atoms with Gasteiger partial charge < -0.3 is 18.9 Å². The molecule has 0 spiro atoms. The van der Waals surface area contributed by atoms with Gasteiger partial charge in [0.05, 0.1) is 14.2 Å². The van der Waals surface area contributed by atoms with Crippen molar-refractivity contribution in [2.24, 2.45) is 11.3 Å². The Balaban J connectivity index is 1.54. The Labute approximate surface area is 215 Å². The second-order valence-corrected chi connectivity index (χ2v) is 10.3. The molecular formula is C27H32N4O6. The molecule has 0 aliphatic carbocycles. The minimum absolute atomic E-state index is 0.00152. The Hall–Kier alpha value is -3.66. The number of hydrogen-bond donors (Lipinski definition) is 0. The number of barbiturate groups is 1. The Morgan fingerprint density at radius 2 is 1.65 bits per heavy atom. The molecule has 4 amide bonds. The first-order valence-corrected chi connectivity index (χ1v) is 12.4. The van der Waals surface area contributed by atoms with Crippen molar-refractivity contribution in [3.63, 3.8) is 0 Å². The smallest absolute Gasteiger partial charge is 0.332 e. The molecule has 2 aromatic rings. The van der Waals surface area contributed by atoms with E-state index in [-0.39, 0.29) is 30.4 Å². The summed E-state index contributed by atoms with van der Waals surface area (Å²) in [6.45, 7) is 2.02. The van der Waals surface area contributed by atoms with E-state index < -0.39 is 23.3 Å². The number of carbonyl (C=O) groups excluding carboxylic acids is 3. The number of rotatable bonds is 6. The van der Waals surface area contributed by atoms with Crippen molar-refractivity contribution >= 4 is 17.8 Å². The molecule has 2 bridgehead atoms. The van der Waals surface area contributed by atoms with Crippen LogP contribution in [0.1, 0.15) is 23.6 Å². The molecule has 2 fully saturated rings. The highest BCUT2D eigenvalue weighted by Gasteiger charge is 2.57. The number of nitrogens with zero attached hydrogens (tertiary/aromatic N) is 4. The zero-order valence-electron chi connectivity index (χ0n) is 21.6. The lowest BCUT2D eigenvalue weighted by atomic mass is 9.75. The zero-order valence-corrected chi connectivity index (χ0v) is 21.6. The van der Waals surface area contributed by atoms with Crippen molar-refractivity contribution in [1.29, 1.82) is 0 Å². The summed E-state index contributed by atoms with van der Waals surface area (Å²) >= 11 is 0. The monoisotopic (exact) mass is 508 g/mol. The summed E-state index contributed by atoms with van der Waals surface area (Å²) in [7, 11) is 5.92. The molecule has 0 saturated carbocycles. The fraction of sp³-hybridized carbons (Fsp3) is 0.481. The highest BCUT2D eigenvalue weighted by Crippen LogP contribution is 2.40. The summed E-state index contributed by atoms with van der Waals surface area (Å²) in [4.78, 5) is 57.0. The first-order valence-electron chi connectivity index (χ1n) is 12.4. The van der Waals surface area contributed by atoms with Crippen LogP contribution in [0.15, 0.2) is 41.2 Å². The van der Waals surface area contributed by atoms with Crippen LogP contribution in [-0.4, -0.2) is 85.1 Å². The van der Waals surface area contributed by atoms with E-state index in [0.717, 1.165) is 21.9 Å². The normalized spacial score (nSPS) is 23.2. The molecule has 3 aliphatic rings. The Kier molecular flexibility index (Phi) is 6.31. The molecule has 4 heterocycles. The predicted octanol–water partition coefficient (Wildman–Crippen LogP) is 1.56. The van der Waals surface area contributed by atoms with Gasteiger partial charge in [-0.05, 0) is 42.2 Å². The molecule has 2 atom stereocenters. The third-order valence-electron chi connectivity index (χ3n) is 8.03. The average Bonchev–Trinajstić information content (AvgIpc) is 2.90. The van der Waals surface area contributed by atoms with Crippen LogP contribution in [-0.2, 0) is 22.6 Å². The van der Waals surface area contributed by atoms with E-state index in [1.807, 2.05) is 10.6 Å². The van der Waals surface area contributed by atoms with Gasteiger partial charge in [-0.1, -0.05) is 6.07 Å². The average molecular weight is 509 g/mol. The molecule has 10 heteroatoms. The van der Waals surface area contributed by atoms with Crippen LogP contribution in [0.25, 0.3) is 0 Å². The molecule has 1 aromatic carbocycles. The lowest BCUT2D eigenvalue weighted by Crippen LogP contribution is -2.67. The van der Waals surface area contributed by atoms with E-state index in [1.165, 1.54) is 21.2 Å². The number of amides is 4. The lowest BCUT2D eigenvalue weighted by molar-refractivity contribution is -0.159. The number of fused-ring (bicyclic) bond motifs is 4. The van der Waals surface area contributed by atoms with Crippen LogP contribution < -0.4 is 15.0 Å². The van der Waals surface area contributed by atoms with Gasteiger partial charge in [-0.2, -0.15) is 0 Å². The number of pyridine rings is 1. The topological polar surface area (TPSA) is 101 Å². The number of carbonyl (C=O) groups is 3. The fourth-order valence-corrected chi connectivity index (χ4v) is 6.33. The Bertz CT molecular complexity index is 1300. The minimum atomic E-state index is -1.53. The molecule has 1 aromatic heterocycles. The number of urea groups is 1. The number of aromatic nitrogens is 1. The summed E-state index contributed by atoms with van der Waals surface area (Å²) in [6, 6.07) is 9.98. The first kappa shape index (κ1) is 25.0. The quantitative estimate of drug-likeness (QED) is 0.546. The fourth-order valence-electron chi connectivity index (χ4n) is 6.33. The van der Waals surface area contributed by atoms with Crippen LogP contribution in [0.5, 0.6) is 11.5 Å². The lowest BCUT2D eigenvalue weighted by Gasteiger charge is -2.48. The van der Waals surface area contributed by atoms with Gasteiger partial charge in [0, 0.05) is 64.4 Å². The standard InChI is InChI=1S/C27H32N4O6/c1-28-24(33)27(25(34)29(2)26(28)35,12-18-11-20(36-3)8-9-22(18)37-4)16-30-13-17-10-19(15-30)21-6-5-7-23(32)31(21)14-17/h5-9,11,17,19H,10,12-16H2,1-4H3. The second kappa shape index (κ2) is 9.33. The van der Waals surface area contributed by atoms with Gasteiger partial charge >= 0.3 is 6.03 Å². The molecule has 0 N–H and O–H groups in total. The maximum atomic E-state index is 13.8. The van der Waals surface area contributed by atoms with Crippen molar-refractivity contribution < 1.29 is 23.9 Å². The number of piperidine rings is 1. The number of hydrogen-bond acceptors (Lipinski definition) is 7. The number of methoxy groups -OCH3 is 2. The van der Waals surface area contributed by atoms with Gasteiger partial charge in [0.15, 0.2) is 0 Å². The molecular weight excluding hydrogens is 476 g/mol. The zero-order chi connectivity index (χ0) is 26.5. The largest absolute Gasteiger partial charge is 0.497 e. The van der Waals surface area contributed by atoms with Gasteiger partial charge in [-0.25, -0.2) is 4.79 Å². The van der Waals surface area contributed by atoms with Crippen LogP contribution in [0.2, 0.25) is 0 Å². The molecule has 5 rings (SSSR count). The molecule has 2 saturated heterocycles. The first-order chi connectivity index (χ1) is 17.7. The predicted molar refractivity (Wildman–Crippen MR) is 135 cm³/mol. The van der Waals surface area contributed by atoms with Gasteiger partial charge in [-0.3, -0.25) is 24.2 Å². The van der Waals surface area contributed by atoms with E-state index in [1.54, 1.807) is 37.4 Å². The molecule has 2 unspecified atom stereocenters. The van der Waals surface area contributed by atoms with Crippen LogP contribution in [0.4, 0.5) is 4.79 Å². The SMILES string of the molecule is COc1ccc(OC)c(CC2(CN3CC4CC(C3)c3cccc(=O)n3C4)C(=O)N(C)C(=O)N(C)C2=O)c1. The van der Waals surface area contributed by atoms with Crippen LogP contribution in [0.3, 0.4) is 0 Å². The van der Waals surface area contributed by atoms with Crippen LogP contribution in [0, 0.1) is 11.3 Å². The maximum absolute atomic E-state index is 13.8. The number of imide groups is 2. The van der Waals surface area contributed by atoms with E-state index in [4.69, 9.17) is 9.47 Å². The molecule has 37 heavy (non-hydrogen) atoms. The van der Waals surface area contributed by atoms with Gasteiger partial charge in [0.1, 0.15) is 16.9 Å². The molecule has 10 nitrogen and oxygen atoms in total. The highest BCUT2D eigenvalue weighted by molar-refractivity contribution is 6.19. The van der Waals surface area contributed by atoms with Crippen molar-refractivity contribution in [2.75, 3.05) is 47.9 Å². The molecule has 3 aliphatic heterocycles. The van der Waals surface area contributed by atoms with E-state index >= 15 is 0 Å². The van der Waals surface area contributed by atoms with E-state index in [0.29, 0.717) is 36.7 Å². The van der Waals surface area contributed by atoms with Gasteiger partial charge in [0.2, 0.25) is 11.8 Å². The minimum Gasteiger partial charge on any atom is -0.497 e. The van der Waals surface area contributed by atoms with Gasteiger partial charge in [-0.15, -0.1) is 0 Å². The number of likely N-dealkylation sites (tertiary alicyclic amines) is 1. The van der Waals surface area contributed by atoms with E-state index in [2.05, 4.69) is 4.90 Å². The van der Waals surface area contributed by atoms with Crippen molar-refractivity contribution in [1.82, 2.24) is 19.3 Å². The highest BCUT2D eigenvalue weighted by atomic mass is 16.5. The summed E-state index contributed by atoms with van der Waals surface area (Å²) in [6.07, 6.45) is 1.01. The molecule has 196 valence electrons.